The highest BCUT2D eigenvalue weighted by Gasteiger charge is 1.96. The van der Waals surface area contributed by atoms with Gasteiger partial charge in [0.1, 0.15) is 0 Å². The maximum atomic E-state index is 3.70. The van der Waals surface area contributed by atoms with Gasteiger partial charge in [0, 0.05) is 18.1 Å². The Morgan fingerprint density at radius 1 is 1.55 bits per heavy atom. The summed E-state index contributed by atoms with van der Waals surface area (Å²) in [6, 6.07) is 2.08. The molecule has 1 aromatic heterocycles. The fraction of sp³-hybridized carbons (Fsp3) is 0.200. The van der Waals surface area contributed by atoms with Crippen molar-refractivity contribution in [1.82, 2.24) is 4.57 Å². The van der Waals surface area contributed by atoms with Crippen molar-refractivity contribution in [3.8, 4) is 0 Å². The molecule has 0 aromatic carbocycles. The van der Waals surface area contributed by atoms with E-state index in [9.17, 15) is 0 Å². The zero-order valence-electron chi connectivity index (χ0n) is 7.04. The Labute approximate surface area is 67.7 Å². The molecular formula is C10H13N. The molecule has 0 saturated heterocycles. The van der Waals surface area contributed by atoms with Gasteiger partial charge < -0.3 is 4.57 Å². The molecule has 0 aliphatic carbocycles. The number of nitrogens with zero attached hydrogens (tertiary/aromatic N) is 1. The third-order valence-corrected chi connectivity index (χ3v) is 1.76. The second kappa shape index (κ2) is 3.24. The summed E-state index contributed by atoms with van der Waals surface area (Å²) < 4.78 is 2.01. The molecule has 1 rings (SSSR count). The van der Waals surface area contributed by atoms with Crippen molar-refractivity contribution >= 4 is 12.3 Å². The molecule has 0 saturated carbocycles. The Morgan fingerprint density at radius 2 is 2.27 bits per heavy atom. The Morgan fingerprint density at radius 3 is 2.73 bits per heavy atom. The SMILES string of the molecule is C=Cn1ccc(/C=C/C)c1C. The second-order valence-corrected chi connectivity index (χ2v) is 2.45. The van der Waals surface area contributed by atoms with Crippen LogP contribution in [0.3, 0.4) is 0 Å². The zero-order valence-corrected chi connectivity index (χ0v) is 7.04. The zero-order chi connectivity index (χ0) is 8.27. The van der Waals surface area contributed by atoms with Crippen molar-refractivity contribution in [2.24, 2.45) is 0 Å². The molecule has 0 bridgehead atoms. The Bertz CT molecular complexity index is 279. The van der Waals surface area contributed by atoms with Crippen LogP contribution < -0.4 is 0 Å². The van der Waals surface area contributed by atoms with E-state index in [1.165, 1.54) is 11.3 Å². The van der Waals surface area contributed by atoms with Gasteiger partial charge in [-0.05, 0) is 25.5 Å². The van der Waals surface area contributed by atoms with E-state index in [0.717, 1.165) is 0 Å². The lowest BCUT2D eigenvalue weighted by atomic mass is 10.2. The number of aromatic nitrogens is 1. The third kappa shape index (κ3) is 1.43. The monoisotopic (exact) mass is 147 g/mol. The van der Waals surface area contributed by atoms with Gasteiger partial charge in [-0.1, -0.05) is 18.7 Å². The molecule has 0 radical (unpaired) electrons. The largest absolute Gasteiger partial charge is 0.328 e. The van der Waals surface area contributed by atoms with Gasteiger partial charge in [0.05, 0.1) is 0 Å². The van der Waals surface area contributed by atoms with E-state index in [2.05, 4.69) is 25.6 Å². The summed E-state index contributed by atoms with van der Waals surface area (Å²) in [6.07, 6.45) is 7.95. The van der Waals surface area contributed by atoms with E-state index in [1.807, 2.05) is 30.0 Å². The van der Waals surface area contributed by atoms with Crippen LogP contribution in [0.1, 0.15) is 18.2 Å². The summed E-state index contributed by atoms with van der Waals surface area (Å²) in [4.78, 5) is 0. The first-order valence-electron chi connectivity index (χ1n) is 3.72. The number of hydrogen-bond donors (Lipinski definition) is 0. The summed E-state index contributed by atoms with van der Waals surface area (Å²) in [5.41, 5.74) is 2.49. The summed E-state index contributed by atoms with van der Waals surface area (Å²) in [5, 5.41) is 0. The molecule has 1 nitrogen and oxygen atoms in total. The minimum atomic E-state index is 1.23. The molecule has 11 heavy (non-hydrogen) atoms. The molecule has 0 fully saturated rings. The van der Waals surface area contributed by atoms with Gasteiger partial charge in [-0.25, -0.2) is 0 Å². The van der Waals surface area contributed by atoms with Gasteiger partial charge in [0.2, 0.25) is 0 Å². The highest BCUT2D eigenvalue weighted by molar-refractivity contribution is 5.53. The fourth-order valence-electron chi connectivity index (χ4n) is 1.10. The minimum absolute atomic E-state index is 1.23. The Balaban J connectivity index is 3.09. The lowest BCUT2D eigenvalue weighted by molar-refractivity contribution is 1.09. The topological polar surface area (TPSA) is 4.93 Å². The molecule has 0 amide bonds. The quantitative estimate of drug-likeness (QED) is 0.606. The predicted molar refractivity (Wildman–Crippen MR) is 50.3 cm³/mol. The molecule has 0 unspecified atom stereocenters. The van der Waals surface area contributed by atoms with E-state index in [1.54, 1.807) is 0 Å². The van der Waals surface area contributed by atoms with Gasteiger partial charge in [-0.2, -0.15) is 0 Å². The van der Waals surface area contributed by atoms with E-state index >= 15 is 0 Å². The van der Waals surface area contributed by atoms with Crippen LogP contribution >= 0.6 is 0 Å². The normalized spacial score (nSPS) is 10.7. The minimum Gasteiger partial charge on any atom is -0.328 e. The maximum Gasteiger partial charge on any atom is 0.0261 e. The number of hydrogen-bond acceptors (Lipinski definition) is 0. The average molecular weight is 147 g/mol. The molecule has 0 spiro atoms. The Hall–Kier alpha value is -1.24. The van der Waals surface area contributed by atoms with Crippen LogP contribution in [-0.2, 0) is 0 Å². The summed E-state index contributed by atoms with van der Waals surface area (Å²) >= 11 is 0. The van der Waals surface area contributed by atoms with Gasteiger partial charge in [0.15, 0.2) is 0 Å². The maximum absolute atomic E-state index is 3.70. The average Bonchev–Trinajstić information content (AvgIpc) is 2.34. The van der Waals surface area contributed by atoms with Crippen LogP contribution in [0.2, 0.25) is 0 Å². The fourth-order valence-corrected chi connectivity index (χ4v) is 1.10. The molecule has 0 N–H and O–H groups in total. The lowest BCUT2D eigenvalue weighted by Crippen LogP contribution is -1.85. The third-order valence-electron chi connectivity index (χ3n) is 1.76. The van der Waals surface area contributed by atoms with E-state index in [4.69, 9.17) is 0 Å². The second-order valence-electron chi connectivity index (χ2n) is 2.45. The number of allylic oxidation sites excluding steroid dienone is 1. The first-order chi connectivity index (χ1) is 5.29. The van der Waals surface area contributed by atoms with Crippen molar-refractivity contribution in [1.29, 1.82) is 0 Å². The summed E-state index contributed by atoms with van der Waals surface area (Å²) in [7, 11) is 0. The van der Waals surface area contributed by atoms with Crippen LogP contribution in [0.5, 0.6) is 0 Å². The Kier molecular flexibility index (Phi) is 2.32. The predicted octanol–water partition coefficient (Wildman–Crippen LogP) is 2.93. The smallest absolute Gasteiger partial charge is 0.0261 e. The molecule has 1 aromatic rings. The van der Waals surface area contributed by atoms with Crippen LogP contribution in [0.15, 0.2) is 24.9 Å². The van der Waals surface area contributed by atoms with Crippen molar-refractivity contribution in [2.75, 3.05) is 0 Å². The van der Waals surface area contributed by atoms with E-state index in [0.29, 0.717) is 0 Å². The summed E-state index contributed by atoms with van der Waals surface area (Å²) in [6.45, 7) is 7.80. The van der Waals surface area contributed by atoms with Gasteiger partial charge in [0.25, 0.3) is 0 Å². The molecule has 0 atom stereocenters. The molecule has 0 aliphatic heterocycles. The van der Waals surface area contributed by atoms with Crippen LogP contribution in [-0.4, -0.2) is 4.57 Å². The van der Waals surface area contributed by atoms with E-state index in [-0.39, 0.29) is 0 Å². The van der Waals surface area contributed by atoms with Gasteiger partial charge in [-0.3, -0.25) is 0 Å². The summed E-state index contributed by atoms with van der Waals surface area (Å²) in [5.74, 6) is 0. The number of rotatable bonds is 2. The standard InChI is InChI=1S/C10H13N/c1-4-6-10-7-8-11(5-2)9(10)3/h4-8H,2H2,1,3H3/b6-4+. The molecule has 58 valence electrons. The van der Waals surface area contributed by atoms with Crippen LogP contribution in [0, 0.1) is 6.92 Å². The molecule has 0 aliphatic rings. The first-order valence-corrected chi connectivity index (χ1v) is 3.72. The van der Waals surface area contributed by atoms with E-state index < -0.39 is 0 Å². The highest BCUT2D eigenvalue weighted by Crippen LogP contribution is 2.11. The molecular weight excluding hydrogens is 134 g/mol. The first kappa shape index (κ1) is 7.86. The van der Waals surface area contributed by atoms with Gasteiger partial charge in [-0.15, -0.1) is 0 Å². The van der Waals surface area contributed by atoms with Crippen LogP contribution in [0.4, 0.5) is 0 Å². The van der Waals surface area contributed by atoms with Crippen molar-refractivity contribution in [2.45, 2.75) is 13.8 Å². The highest BCUT2D eigenvalue weighted by atomic mass is 14.9. The molecule has 1 heterocycles. The van der Waals surface area contributed by atoms with Crippen LogP contribution in [0.25, 0.3) is 12.3 Å². The lowest BCUT2D eigenvalue weighted by Gasteiger charge is -1.96. The van der Waals surface area contributed by atoms with Crippen molar-refractivity contribution < 1.29 is 0 Å². The van der Waals surface area contributed by atoms with Gasteiger partial charge >= 0.3 is 0 Å². The van der Waals surface area contributed by atoms with Crippen molar-refractivity contribution in [3.63, 3.8) is 0 Å². The van der Waals surface area contributed by atoms with Crippen molar-refractivity contribution in [3.05, 3.63) is 36.2 Å². The molecule has 1 heteroatoms.